The Bertz CT molecular complexity index is 771. The van der Waals surface area contributed by atoms with Crippen molar-refractivity contribution in [1.82, 2.24) is 4.98 Å². The van der Waals surface area contributed by atoms with Crippen molar-refractivity contribution < 1.29 is 18.1 Å². The lowest BCUT2D eigenvalue weighted by Crippen LogP contribution is -2.12. The molecule has 1 heterocycles. The van der Waals surface area contributed by atoms with E-state index in [2.05, 4.69) is 4.98 Å². The molecule has 2 rings (SSSR count). The number of aromatic nitrogens is 1. The molecule has 0 radical (unpaired) electrons. The van der Waals surface area contributed by atoms with Crippen LogP contribution in [-0.2, 0) is 6.18 Å². The molecule has 0 aliphatic carbocycles. The molecule has 0 spiro atoms. The number of alkyl halides is 3. The van der Waals surface area contributed by atoms with Crippen LogP contribution in [0.1, 0.15) is 5.56 Å². The van der Waals surface area contributed by atoms with Crippen LogP contribution in [0.15, 0.2) is 35.3 Å². The first kappa shape index (κ1) is 15.0. The van der Waals surface area contributed by atoms with Gasteiger partial charge in [-0.3, -0.25) is 14.9 Å². The molecule has 2 aromatic rings. The van der Waals surface area contributed by atoms with Crippen molar-refractivity contribution in [3.05, 3.63) is 61.5 Å². The molecule has 1 aromatic heterocycles. The van der Waals surface area contributed by atoms with Crippen molar-refractivity contribution in [2.24, 2.45) is 0 Å². The molecule has 110 valence electrons. The first-order valence-electron chi connectivity index (χ1n) is 5.45. The van der Waals surface area contributed by atoms with Crippen LogP contribution in [0.5, 0.6) is 0 Å². The number of benzene rings is 1. The second kappa shape index (κ2) is 5.21. The third kappa shape index (κ3) is 2.89. The molecule has 0 amide bonds. The maximum Gasteiger partial charge on any atom is 0.416 e. The SMILES string of the molecule is O=c1[nH]ccc(-c2ccc(C(F)(F)F)cc2Cl)c1[N+](=O)[O-]. The summed E-state index contributed by atoms with van der Waals surface area (Å²) >= 11 is 5.76. The second-order valence-electron chi connectivity index (χ2n) is 4.02. The van der Waals surface area contributed by atoms with Gasteiger partial charge in [0.05, 0.1) is 16.1 Å². The average Bonchev–Trinajstić information content (AvgIpc) is 2.36. The summed E-state index contributed by atoms with van der Waals surface area (Å²) in [6, 6.07) is 3.59. The first-order chi connectivity index (χ1) is 9.71. The molecule has 1 N–H and O–H groups in total. The molecule has 0 bridgehead atoms. The van der Waals surface area contributed by atoms with Gasteiger partial charge >= 0.3 is 17.4 Å². The van der Waals surface area contributed by atoms with Crippen molar-refractivity contribution in [2.75, 3.05) is 0 Å². The highest BCUT2D eigenvalue weighted by atomic mass is 35.5. The van der Waals surface area contributed by atoms with E-state index in [1.807, 2.05) is 0 Å². The van der Waals surface area contributed by atoms with Gasteiger partial charge in [0.2, 0.25) is 0 Å². The summed E-state index contributed by atoms with van der Waals surface area (Å²) in [5.74, 6) is 0. The molecule has 9 heteroatoms. The minimum Gasteiger partial charge on any atom is -0.323 e. The maximum absolute atomic E-state index is 12.6. The van der Waals surface area contributed by atoms with E-state index in [0.717, 1.165) is 18.3 Å². The van der Waals surface area contributed by atoms with Gasteiger partial charge in [0.15, 0.2) is 0 Å². The highest BCUT2D eigenvalue weighted by molar-refractivity contribution is 6.33. The Kier molecular flexibility index (Phi) is 3.73. The molecule has 0 atom stereocenters. The number of nitrogens with one attached hydrogen (secondary N) is 1. The van der Waals surface area contributed by atoms with E-state index < -0.39 is 27.9 Å². The molecule has 1 aromatic carbocycles. The van der Waals surface area contributed by atoms with Gasteiger partial charge in [0, 0.05) is 16.8 Å². The molecule has 21 heavy (non-hydrogen) atoms. The monoisotopic (exact) mass is 318 g/mol. The van der Waals surface area contributed by atoms with Crippen LogP contribution < -0.4 is 5.56 Å². The van der Waals surface area contributed by atoms with Gasteiger partial charge in [-0.25, -0.2) is 0 Å². The largest absolute Gasteiger partial charge is 0.416 e. The summed E-state index contributed by atoms with van der Waals surface area (Å²) in [5.41, 5.74) is -2.90. The summed E-state index contributed by atoms with van der Waals surface area (Å²) in [6.07, 6.45) is -3.43. The van der Waals surface area contributed by atoms with Gasteiger partial charge in [-0.2, -0.15) is 13.2 Å². The smallest absolute Gasteiger partial charge is 0.323 e. The summed E-state index contributed by atoms with van der Waals surface area (Å²) < 4.78 is 37.7. The normalized spacial score (nSPS) is 11.4. The number of hydrogen-bond donors (Lipinski definition) is 1. The van der Waals surface area contributed by atoms with Crippen molar-refractivity contribution >= 4 is 17.3 Å². The van der Waals surface area contributed by atoms with Crippen molar-refractivity contribution in [3.63, 3.8) is 0 Å². The number of pyridine rings is 1. The topological polar surface area (TPSA) is 76.0 Å². The molecule has 5 nitrogen and oxygen atoms in total. The highest BCUT2D eigenvalue weighted by Crippen LogP contribution is 2.37. The Morgan fingerprint density at radius 2 is 1.86 bits per heavy atom. The summed E-state index contributed by atoms with van der Waals surface area (Å²) in [6.45, 7) is 0. The van der Waals surface area contributed by atoms with E-state index in [1.54, 1.807) is 0 Å². The average molecular weight is 319 g/mol. The van der Waals surface area contributed by atoms with Crippen molar-refractivity contribution in [2.45, 2.75) is 6.18 Å². The lowest BCUT2D eigenvalue weighted by Gasteiger charge is -2.10. The maximum atomic E-state index is 12.6. The second-order valence-corrected chi connectivity index (χ2v) is 4.43. The lowest BCUT2D eigenvalue weighted by molar-refractivity contribution is -0.385. The highest BCUT2D eigenvalue weighted by Gasteiger charge is 2.31. The predicted molar refractivity (Wildman–Crippen MR) is 69.2 cm³/mol. The van der Waals surface area contributed by atoms with Crippen LogP contribution in [0.4, 0.5) is 18.9 Å². The molecule has 0 saturated heterocycles. The van der Waals surface area contributed by atoms with Gasteiger partial charge in [0.1, 0.15) is 0 Å². The summed E-state index contributed by atoms with van der Waals surface area (Å²) in [5, 5.41) is 10.6. The van der Waals surface area contributed by atoms with Crippen molar-refractivity contribution in [3.8, 4) is 11.1 Å². The number of hydrogen-bond acceptors (Lipinski definition) is 3. The van der Waals surface area contributed by atoms with E-state index in [9.17, 15) is 28.1 Å². The van der Waals surface area contributed by atoms with E-state index in [4.69, 9.17) is 11.6 Å². The Labute approximate surface area is 120 Å². The fourth-order valence-electron chi connectivity index (χ4n) is 1.78. The Balaban J connectivity index is 2.67. The molecular formula is C12H6ClF3N2O3. The number of rotatable bonds is 2. The van der Waals surface area contributed by atoms with Gasteiger partial charge in [-0.15, -0.1) is 0 Å². The Morgan fingerprint density at radius 1 is 1.19 bits per heavy atom. The zero-order chi connectivity index (χ0) is 15.8. The van der Waals surface area contributed by atoms with E-state index in [-0.39, 0.29) is 16.1 Å². The standard InChI is InChI=1S/C12H6ClF3N2O3/c13-9-5-6(12(14,15)16)1-2-7(9)8-3-4-17-11(19)10(8)18(20)21/h1-5H,(H,17,19). The number of H-pyrrole nitrogens is 1. The van der Waals surface area contributed by atoms with Gasteiger partial charge in [0.25, 0.3) is 0 Å². The van der Waals surface area contributed by atoms with Gasteiger partial charge in [-0.1, -0.05) is 17.7 Å². The van der Waals surface area contributed by atoms with Crippen LogP contribution in [0.25, 0.3) is 11.1 Å². The minimum atomic E-state index is -4.58. The first-order valence-corrected chi connectivity index (χ1v) is 5.83. The van der Waals surface area contributed by atoms with Crippen LogP contribution >= 0.6 is 11.6 Å². The fraction of sp³-hybridized carbons (Fsp3) is 0.0833. The molecule has 0 fully saturated rings. The molecule has 0 unspecified atom stereocenters. The fourth-order valence-corrected chi connectivity index (χ4v) is 2.06. The molecule has 0 saturated carbocycles. The Hall–Kier alpha value is -2.35. The van der Waals surface area contributed by atoms with E-state index >= 15 is 0 Å². The number of halogens is 4. The molecular weight excluding hydrogens is 313 g/mol. The van der Waals surface area contributed by atoms with E-state index in [0.29, 0.717) is 6.07 Å². The van der Waals surface area contributed by atoms with Gasteiger partial charge in [-0.05, 0) is 18.2 Å². The lowest BCUT2D eigenvalue weighted by atomic mass is 10.0. The van der Waals surface area contributed by atoms with Crippen LogP contribution in [0.2, 0.25) is 5.02 Å². The number of aromatic amines is 1. The third-order valence-electron chi connectivity index (χ3n) is 2.70. The predicted octanol–water partition coefficient (Wildman–Crippen LogP) is 3.62. The zero-order valence-electron chi connectivity index (χ0n) is 10.1. The zero-order valence-corrected chi connectivity index (χ0v) is 10.8. The summed E-state index contributed by atoms with van der Waals surface area (Å²) in [7, 11) is 0. The quantitative estimate of drug-likeness (QED) is 0.678. The molecule has 0 aliphatic rings. The molecule has 0 aliphatic heterocycles. The van der Waals surface area contributed by atoms with Crippen LogP contribution in [0.3, 0.4) is 0 Å². The van der Waals surface area contributed by atoms with Gasteiger partial charge < -0.3 is 4.98 Å². The summed E-state index contributed by atoms with van der Waals surface area (Å²) in [4.78, 5) is 23.6. The number of nitrogens with zero attached hydrogens (tertiary/aromatic N) is 1. The third-order valence-corrected chi connectivity index (χ3v) is 3.02. The minimum absolute atomic E-state index is 0.0255. The van der Waals surface area contributed by atoms with Crippen LogP contribution in [0, 0.1) is 10.1 Å². The van der Waals surface area contributed by atoms with Crippen LogP contribution in [-0.4, -0.2) is 9.91 Å². The van der Waals surface area contributed by atoms with E-state index in [1.165, 1.54) is 6.07 Å². The Morgan fingerprint density at radius 3 is 2.38 bits per heavy atom. The van der Waals surface area contributed by atoms with Crippen molar-refractivity contribution in [1.29, 1.82) is 0 Å². The number of nitro groups is 1.